The van der Waals surface area contributed by atoms with Gasteiger partial charge in [-0.3, -0.25) is 14.3 Å². The molecule has 1 heterocycles. The van der Waals surface area contributed by atoms with Crippen LogP contribution in [0.2, 0.25) is 0 Å². The minimum absolute atomic E-state index is 0.0735. The number of nitrogens with zero attached hydrogens (tertiary/aromatic N) is 2. The van der Waals surface area contributed by atoms with Crippen molar-refractivity contribution in [1.82, 2.24) is 4.31 Å². The molecule has 1 aliphatic rings. The largest absolute Gasteiger partial charge is 0.269 e. The molecule has 0 spiro atoms. The summed E-state index contributed by atoms with van der Waals surface area (Å²) in [6.07, 6.45) is 0. The van der Waals surface area contributed by atoms with Gasteiger partial charge in [0.25, 0.3) is 5.69 Å². The summed E-state index contributed by atoms with van der Waals surface area (Å²) < 4.78 is 37.6. The molecule has 1 fully saturated rings. The van der Waals surface area contributed by atoms with Gasteiger partial charge < -0.3 is 0 Å². The number of hydrogen-bond acceptors (Lipinski definition) is 5. The fourth-order valence-corrected chi connectivity index (χ4v) is 5.41. The average molecular weight is 346 g/mol. The van der Waals surface area contributed by atoms with Crippen LogP contribution in [0.25, 0.3) is 0 Å². The van der Waals surface area contributed by atoms with Gasteiger partial charge in [0.1, 0.15) is 0 Å². The number of non-ortho nitro benzene ring substituents is 1. The molecular weight excluding hydrogens is 328 g/mol. The third kappa shape index (κ3) is 3.71. The molecule has 0 radical (unpaired) electrons. The van der Waals surface area contributed by atoms with E-state index >= 15 is 0 Å². The van der Waals surface area contributed by atoms with Gasteiger partial charge in [0.15, 0.2) is 0 Å². The first-order valence-electron chi connectivity index (χ1n) is 6.71. The van der Waals surface area contributed by atoms with Gasteiger partial charge in [-0.25, -0.2) is 8.42 Å². The second-order valence-corrected chi connectivity index (χ2v) is 10.00. The lowest BCUT2D eigenvalue weighted by Gasteiger charge is -2.36. The average Bonchev–Trinajstić information content (AvgIpc) is 2.41. The molecule has 0 aromatic heterocycles. The van der Waals surface area contributed by atoms with E-state index in [0.717, 1.165) is 0 Å². The Morgan fingerprint density at radius 3 is 2.41 bits per heavy atom. The molecule has 122 valence electrons. The third-order valence-corrected chi connectivity index (χ3v) is 7.30. The van der Waals surface area contributed by atoms with Crippen LogP contribution in [-0.4, -0.2) is 45.4 Å². The van der Waals surface area contributed by atoms with E-state index in [1.807, 2.05) is 0 Å². The van der Waals surface area contributed by atoms with E-state index in [4.69, 9.17) is 0 Å². The highest BCUT2D eigenvalue weighted by Gasteiger charge is 2.38. The zero-order chi connectivity index (χ0) is 16.5. The SMILES string of the molecule is CC1(C)CN(S(=O)(=O)Cc2ccc([N+](=O)[O-])cc2)CCS1=O. The van der Waals surface area contributed by atoms with Crippen LogP contribution in [0.1, 0.15) is 19.4 Å². The minimum Gasteiger partial charge on any atom is -0.259 e. The summed E-state index contributed by atoms with van der Waals surface area (Å²) in [5.74, 6) is 0.111. The van der Waals surface area contributed by atoms with E-state index in [0.29, 0.717) is 11.3 Å². The molecule has 0 N–H and O–H groups in total. The Labute approximate surface area is 132 Å². The van der Waals surface area contributed by atoms with Gasteiger partial charge in [-0.2, -0.15) is 4.31 Å². The van der Waals surface area contributed by atoms with Crippen LogP contribution < -0.4 is 0 Å². The van der Waals surface area contributed by atoms with Crippen LogP contribution in [-0.2, 0) is 26.6 Å². The predicted molar refractivity (Wildman–Crippen MR) is 84.4 cm³/mol. The first kappa shape index (κ1) is 17.0. The zero-order valence-electron chi connectivity index (χ0n) is 12.4. The summed E-state index contributed by atoms with van der Waals surface area (Å²) in [7, 11) is -4.58. The molecule has 1 atom stereocenters. The zero-order valence-corrected chi connectivity index (χ0v) is 14.0. The van der Waals surface area contributed by atoms with Gasteiger partial charge in [0.05, 0.1) is 15.4 Å². The van der Waals surface area contributed by atoms with Crippen molar-refractivity contribution < 1.29 is 17.6 Å². The number of sulfonamides is 1. The molecule has 0 saturated carbocycles. The van der Waals surface area contributed by atoms with Crippen LogP contribution >= 0.6 is 0 Å². The Morgan fingerprint density at radius 1 is 1.32 bits per heavy atom. The van der Waals surface area contributed by atoms with Crippen molar-refractivity contribution in [3.05, 3.63) is 39.9 Å². The van der Waals surface area contributed by atoms with Crippen molar-refractivity contribution in [2.24, 2.45) is 0 Å². The normalized spacial score (nSPS) is 22.4. The molecule has 1 aromatic rings. The summed E-state index contributed by atoms with van der Waals surface area (Å²) in [6.45, 7) is 4.04. The topological polar surface area (TPSA) is 97.6 Å². The van der Waals surface area contributed by atoms with Crippen molar-refractivity contribution >= 4 is 26.5 Å². The fourth-order valence-electron chi connectivity index (χ4n) is 2.29. The molecule has 2 rings (SSSR count). The highest BCUT2D eigenvalue weighted by atomic mass is 32.2. The monoisotopic (exact) mass is 346 g/mol. The quantitative estimate of drug-likeness (QED) is 0.604. The summed E-state index contributed by atoms with van der Waals surface area (Å²) in [6, 6.07) is 5.48. The maximum Gasteiger partial charge on any atom is 0.269 e. The van der Waals surface area contributed by atoms with Crippen molar-refractivity contribution in [1.29, 1.82) is 0 Å². The van der Waals surface area contributed by atoms with Crippen LogP contribution in [0.5, 0.6) is 0 Å². The standard InChI is InChI=1S/C13H18N2O5S2/c1-13(2)10-14(7-8-21(13)18)22(19,20)9-11-3-5-12(6-4-11)15(16)17/h3-6H,7-10H2,1-2H3. The van der Waals surface area contributed by atoms with Crippen LogP contribution in [0.3, 0.4) is 0 Å². The van der Waals surface area contributed by atoms with E-state index in [1.54, 1.807) is 13.8 Å². The molecule has 9 heteroatoms. The Balaban J connectivity index is 2.14. The third-order valence-electron chi connectivity index (χ3n) is 3.59. The maximum atomic E-state index is 12.5. The lowest BCUT2D eigenvalue weighted by molar-refractivity contribution is -0.384. The predicted octanol–water partition coefficient (Wildman–Crippen LogP) is 1.27. The van der Waals surface area contributed by atoms with E-state index < -0.39 is 30.5 Å². The Morgan fingerprint density at radius 2 is 1.91 bits per heavy atom. The first-order chi connectivity index (χ1) is 10.1. The van der Waals surface area contributed by atoms with E-state index in [2.05, 4.69) is 0 Å². The Bertz CT molecular complexity index is 698. The minimum atomic E-state index is -3.53. The second kappa shape index (κ2) is 6.05. The van der Waals surface area contributed by atoms with E-state index in [9.17, 15) is 22.7 Å². The van der Waals surface area contributed by atoms with Gasteiger partial charge in [-0.05, 0) is 19.4 Å². The van der Waals surface area contributed by atoms with Gasteiger partial charge in [-0.15, -0.1) is 0 Å². The molecule has 1 aromatic carbocycles. The van der Waals surface area contributed by atoms with Gasteiger partial charge in [0.2, 0.25) is 10.0 Å². The first-order valence-corrected chi connectivity index (χ1v) is 9.64. The molecule has 22 heavy (non-hydrogen) atoms. The molecule has 1 saturated heterocycles. The molecule has 1 aliphatic heterocycles. The van der Waals surface area contributed by atoms with Crippen LogP contribution in [0.4, 0.5) is 5.69 Å². The summed E-state index contributed by atoms with van der Waals surface area (Å²) in [5, 5.41) is 10.6. The maximum absolute atomic E-state index is 12.5. The highest BCUT2D eigenvalue weighted by molar-refractivity contribution is 7.89. The highest BCUT2D eigenvalue weighted by Crippen LogP contribution is 2.24. The molecule has 1 unspecified atom stereocenters. The lowest BCUT2D eigenvalue weighted by Crippen LogP contribution is -2.52. The number of benzene rings is 1. The van der Waals surface area contributed by atoms with Crippen LogP contribution in [0, 0.1) is 10.1 Å². The lowest BCUT2D eigenvalue weighted by atomic mass is 10.2. The summed E-state index contributed by atoms with van der Waals surface area (Å²) in [5.41, 5.74) is 0.422. The second-order valence-electron chi connectivity index (χ2n) is 5.82. The van der Waals surface area contributed by atoms with Crippen LogP contribution in [0.15, 0.2) is 24.3 Å². The van der Waals surface area contributed by atoms with Crippen molar-refractivity contribution in [2.45, 2.75) is 24.3 Å². The van der Waals surface area contributed by atoms with E-state index in [1.165, 1.54) is 28.6 Å². The van der Waals surface area contributed by atoms with Crippen molar-refractivity contribution in [3.8, 4) is 0 Å². The number of hydrogen-bond donors (Lipinski definition) is 0. The van der Waals surface area contributed by atoms with Crippen molar-refractivity contribution in [3.63, 3.8) is 0 Å². The molecule has 0 bridgehead atoms. The number of nitro groups is 1. The number of nitro benzene ring substituents is 1. The van der Waals surface area contributed by atoms with E-state index in [-0.39, 0.29) is 24.5 Å². The summed E-state index contributed by atoms with van der Waals surface area (Å²) >= 11 is 0. The van der Waals surface area contributed by atoms with Crippen molar-refractivity contribution in [2.75, 3.05) is 18.8 Å². The smallest absolute Gasteiger partial charge is 0.259 e. The Hall–Kier alpha value is -1.32. The Kier molecular flexibility index (Phi) is 4.69. The molecule has 0 amide bonds. The van der Waals surface area contributed by atoms with Gasteiger partial charge in [0, 0.05) is 41.8 Å². The van der Waals surface area contributed by atoms with Gasteiger partial charge >= 0.3 is 0 Å². The summed E-state index contributed by atoms with van der Waals surface area (Å²) in [4.78, 5) is 10.1. The van der Waals surface area contributed by atoms with Gasteiger partial charge in [-0.1, -0.05) is 12.1 Å². The fraction of sp³-hybridized carbons (Fsp3) is 0.538. The molecule has 7 nitrogen and oxygen atoms in total. The molecule has 0 aliphatic carbocycles. The number of rotatable bonds is 4. The molecular formula is C13H18N2O5S2.